The number of rotatable bonds is 4. The number of carbonyl (C=O) groups excluding carboxylic acids is 1. The number of Topliss-reactive ketones (excluding diaryl/α,β-unsaturated/α-hetero) is 1. The minimum absolute atomic E-state index is 0.125. The summed E-state index contributed by atoms with van der Waals surface area (Å²) in [6, 6.07) is 14.2. The Bertz CT molecular complexity index is 721. The summed E-state index contributed by atoms with van der Waals surface area (Å²) in [6.07, 6.45) is 1.91. The van der Waals surface area contributed by atoms with Gasteiger partial charge in [-0.05, 0) is 55.8 Å². The minimum atomic E-state index is 0.125. The Morgan fingerprint density at radius 1 is 1.13 bits per heavy atom. The highest BCUT2D eigenvalue weighted by atomic mass is 16.5. The van der Waals surface area contributed by atoms with E-state index in [1.807, 2.05) is 44.4 Å². The highest BCUT2D eigenvalue weighted by Crippen LogP contribution is 2.31. The summed E-state index contributed by atoms with van der Waals surface area (Å²) in [5.74, 6) is 1.26. The second-order valence-electron chi connectivity index (χ2n) is 6.47. The first-order chi connectivity index (χ1) is 11.1. The van der Waals surface area contributed by atoms with Crippen molar-refractivity contribution in [2.45, 2.75) is 12.8 Å². The van der Waals surface area contributed by atoms with Crippen LogP contribution < -0.4 is 4.74 Å². The summed E-state index contributed by atoms with van der Waals surface area (Å²) in [7, 11) is 5.72. The number of hydrogen-bond donors (Lipinski definition) is 0. The summed E-state index contributed by atoms with van der Waals surface area (Å²) in [6.45, 7) is 0.829. The first kappa shape index (κ1) is 15.8. The van der Waals surface area contributed by atoms with Crippen LogP contribution in [-0.2, 0) is 6.42 Å². The molecular weight excluding hydrogens is 286 g/mol. The lowest BCUT2D eigenvalue weighted by atomic mass is 9.81. The molecule has 1 aliphatic rings. The molecule has 0 saturated carbocycles. The van der Waals surface area contributed by atoms with Gasteiger partial charge in [0.15, 0.2) is 5.78 Å². The predicted octanol–water partition coefficient (Wildman–Crippen LogP) is 3.67. The van der Waals surface area contributed by atoms with Crippen molar-refractivity contribution in [1.82, 2.24) is 4.90 Å². The summed E-state index contributed by atoms with van der Waals surface area (Å²) in [5, 5.41) is 0. The maximum absolute atomic E-state index is 12.7. The van der Waals surface area contributed by atoms with Gasteiger partial charge < -0.3 is 9.64 Å². The number of nitrogens with zero attached hydrogens (tertiary/aromatic N) is 1. The molecule has 1 atom stereocenters. The number of hydrogen-bond acceptors (Lipinski definition) is 3. The van der Waals surface area contributed by atoms with Crippen LogP contribution in [0.3, 0.4) is 0 Å². The van der Waals surface area contributed by atoms with Crippen LogP contribution in [0.1, 0.15) is 22.3 Å². The largest absolute Gasteiger partial charge is 0.497 e. The zero-order chi connectivity index (χ0) is 16.4. The van der Waals surface area contributed by atoms with Gasteiger partial charge >= 0.3 is 0 Å². The smallest absolute Gasteiger partial charge is 0.167 e. The average Bonchev–Trinajstić information content (AvgIpc) is 2.57. The molecule has 0 aromatic heterocycles. The van der Waals surface area contributed by atoms with Crippen molar-refractivity contribution in [1.29, 1.82) is 0 Å². The van der Waals surface area contributed by atoms with E-state index in [0.717, 1.165) is 41.8 Å². The predicted molar refractivity (Wildman–Crippen MR) is 93.1 cm³/mol. The summed E-state index contributed by atoms with van der Waals surface area (Å²) >= 11 is 0. The molecule has 3 rings (SSSR count). The van der Waals surface area contributed by atoms with Crippen LogP contribution in [0.4, 0.5) is 0 Å². The molecule has 2 aromatic carbocycles. The van der Waals surface area contributed by atoms with E-state index in [2.05, 4.69) is 17.0 Å². The van der Waals surface area contributed by atoms with E-state index in [4.69, 9.17) is 4.74 Å². The molecule has 0 aliphatic heterocycles. The molecule has 3 heteroatoms. The number of aryl methyl sites for hydroxylation is 1. The standard InChI is InChI=1S/C20H23NO2/c1-21(2)13-17-8-7-16-11-15(9-10-19(16)20(17)22)14-5-4-6-18(12-14)23-3/h4-6,9-12,17H,7-8,13H2,1-3H3/t17-/m0/s1. The lowest BCUT2D eigenvalue weighted by molar-refractivity contribution is 0.0877. The Hall–Kier alpha value is -2.13. The van der Waals surface area contributed by atoms with Crippen molar-refractivity contribution < 1.29 is 9.53 Å². The third kappa shape index (κ3) is 3.30. The first-order valence-corrected chi connectivity index (χ1v) is 8.05. The zero-order valence-electron chi connectivity index (χ0n) is 14.0. The third-order valence-electron chi connectivity index (χ3n) is 4.49. The number of methoxy groups -OCH3 is 1. The molecule has 0 fully saturated rings. The molecule has 1 aliphatic carbocycles. The van der Waals surface area contributed by atoms with Crippen LogP contribution in [0.5, 0.6) is 5.75 Å². The molecule has 0 spiro atoms. The van der Waals surface area contributed by atoms with Crippen molar-refractivity contribution in [2.75, 3.05) is 27.7 Å². The van der Waals surface area contributed by atoms with Crippen LogP contribution >= 0.6 is 0 Å². The Labute approximate surface area is 137 Å². The van der Waals surface area contributed by atoms with Crippen LogP contribution in [0.2, 0.25) is 0 Å². The van der Waals surface area contributed by atoms with E-state index < -0.39 is 0 Å². The van der Waals surface area contributed by atoms with Gasteiger partial charge in [-0.25, -0.2) is 0 Å². The first-order valence-electron chi connectivity index (χ1n) is 8.05. The van der Waals surface area contributed by atoms with Gasteiger partial charge in [-0.2, -0.15) is 0 Å². The minimum Gasteiger partial charge on any atom is -0.497 e. The highest BCUT2D eigenvalue weighted by Gasteiger charge is 2.27. The average molecular weight is 309 g/mol. The highest BCUT2D eigenvalue weighted by molar-refractivity contribution is 6.00. The Morgan fingerprint density at radius 3 is 2.65 bits per heavy atom. The molecular formula is C20H23NO2. The van der Waals surface area contributed by atoms with Crippen molar-refractivity contribution in [3.63, 3.8) is 0 Å². The van der Waals surface area contributed by atoms with E-state index in [-0.39, 0.29) is 11.7 Å². The number of carbonyl (C=O) groups is 1. The molecule has 0 amide bonds. The van der Waals surface area contributed by atoms with Crippen LogP contribution in [0.25, 0.3) is 11.1 Å². The van der Waals surface area contributed by atoms with Crippen LogP contribution in [-0.4, -0.2) is 38.4 Å². The van der Waals surface area contributed by atoms with Crippen molar-refractivity contribution >= 4 is 5.78 Å². The molecule has 0 N–H and O–H groups in total. The Balaban J connectivity index is 1.90. The van der Waals surface area contributed by atoms with Gasteiger partial charge in [0.1, 0.15) is 5.75 Å². The number of benzene rings is 2. The molecule has 0 saturated heterocycles. The van der Waals surface area contributed by atoms with Gasteiger partial charge in [0.25, 0.3) is 0 Å². The van der Waals surface area contributed by atoms with E-state index >= 15 is 0 Å². The van der Waals surface area contributed by atoms with Gasteiger partial charge in [-0.1, -0.05) is 30.3 Å². The number of ether oxygens (including phenoxy) is 1. The summed E-state index contributed by atoms with van der Waals surface area (Å²) in [4.78, 5) is 14.7. The summed E-state index contributed by atoms with van der Waals surface area (Å²) in [5.41, 5.74) is 4.33. The van der Waals surface area contributed by atoms with Gasteiger partial charge in [-0.15, -0.1) is 0 Å². The lowest BCUT2D eigenvalue weighted by Gasteiger charge is -2.26. The van der Waals surface area contributed by atoms with Gasteiger partial charge in [0, 0.05) is 18.0 Å². The van der Waals surface area contributed by atoms with Gasteiger partial charge in [0.05, 0.1) is 7.11 Å². The van der Waals surface area contributed by atoms with E-state index in [0.29, 0.717) is 0 Å². The van der Waals surface area contributed by atoms with Crippen molar-refractivity contribution in [3.8, 4) is 16.9 Å². The van der Waals surface area contributed by atoms with Gasteiger partial charge in [-0.3, -0.25) is 4.79 Å². The second kappa shape index (κ2) is 6.55. The molecule has 0 unspecified atom stereocenters. The summed E-state index contributed by atoms with van der Waals surface area (Å²) < 4.78 is 5.30. The zero-order valence-corrected chi connectivity index (χ0v) is 14.0. The third-order valence-corrected chi connectivity index (χ3v) is 4.49. The van der Waals surface area contributed by atoms with E-state index in [1.165, 1.54) is 5.56 Å². The van der Waals surface area contributed by atoms with Crippen LogP contribution in [0.15, 0.2) is 42.5 Å². The van der Waals surface area contributed by atoms with E-state index in [1.54, 1.807) is 7.11 Å². The second-order valence-corrected chi connectivity index (χ2v) is 6.47. The Morgan fingerprint density at radius 2 is 1.91 bits per heavy atom. The lowest BCUT2D eigenvalue weighted by Crippen LogP contribution is -2.31. The topological polar surface area (TPSA) is 29.5 Å². The fourth-order valence-corrected chi connectivity index (χ4v) is 3.32. The van der Waals surface area contributed by atoms with Crippen LogP contribution in [0, 0.1) is 5.92 Å². The van der Waals surface area contributed by atoms with Crippen molar-refractivity contribution in [3.05, 3.63) is 53.6 Å². The molecule has 3 nitrogen and oxygen atoms in total. The number of fused-ring (bicyclic) bond motifs is 1. The fraction of sp³-hybridized carbons (Fsp3) is 0.350. The Kier molecular flexibility index (Phi) is 4.49. The van der Waals surface area contributed by atoms with E-state index in [9.17, 15) is 4.79 Å². The maximum Gasteiger partial charge on any atom is 0.167 e. The normalized spacial score (nSPS) is 17.2. The molecule has 0 bridgehead atoms. The molecule has 2 aromatic rings. The van der Waals surface area contributed by atoms with Gasteiger partial charge in [0.2, 0.25) is 0 Å². The SMILES string of the molecule is COc1cccc(-c2ccc3c(c2)CC[C@@H](CN(C)C)C3=O)c1. The maximum atomic E-state index is 12.7. The van der Waals surface area contributed by atoms with Crippen molar-refractivity contribution in [2.24, 2.45) is 5.92 Å². The molecule has 0 radical (unpaired) electrons. The fourth-order valence-electron chi connectivity index (χ4n) is 3.32. The molecule has 0 heterocycles. The quantitative estimate of drug-likeness (QED) is 0.863. The number of ketones is 1. The molecule has 120 valence electrons. The molecule has 23 heavy (non-hydrogen) atoms. The monoisotopic (exact) mass is 309 g/mol.